The molecular formula is C14H17BN2O4S. The summed E-state index contributed by atoms with van der Waals surface area (Å²) >= 11 is 1.70. The first kappa shape index (κ1) is 15.4. The molecule has 22 heavy (non-hydrogen) atoms. The highest BCUT2D eigenvalue weighted by Gasteiger charge is 2.29. The molecule has 8 heteroatoms. The van der Waals surface area contributed by atoms with Gasteiger partial charge in [0.2, 0.25) is 0 Å². The number of aromatic nitrogens is 2. The molecule has 116 valence electrons. The quantitative estimate of drug-likeness (QED) is 0.755. The normalized spacial score (nSPS) is 13.2. The fraction of sp³-hybridized carbons (Fsp3) is 0.357. The second-order valence-electron chi connectivity index (χ2n) is 5.00. The van der Waals surface area contributed by atoms with Crippen LogP contribution in [-0.2, 0) is 29.6 Å². The van der Waals surface area contributed by atoms with Crippen LogP contribution >= 0.6 is 11.8 Å². The summed E-state index contributed by atoms with van der Waals surface area (Å²) in [5.41, 5.74) is 2.98. The molecule has 1 aliphatic rings. The van der Waals surface area contributed by atoms with Crippen LogP contribution in [0.3, 0.4) is 0 Å². The van der Waals surface area contributed by atoms with Gasteiger partial charge in [-0.1, -0.05) is 12.1 Å². The van der Waals surface area contributed by atoms with Crippen LogP contribution in [0, 0.1) is 0 Å². The second-order valence-corrected chi connectivity index (χ2v) is 5.95. The first-order valence-corrected chi connectivity index (χ1v) is 8.07. The second kappa shape index (κ2) is 6.74. The lowest BCUT2D eigenvalue weighted by Gasteiger charge is -2.06. The van der Waals surface area contributed by atoms with Crippen molar-refractivity contribution in [2.45, 2.75) is 24.8 Å². The van der Waals surface area contributed by atoms with E-state index in [1.807, 2.05) is 28.9 Å². The van der Waals surface area contributed by atoms with Gasteiger partial charge in [0.05, 0.1) is 31.9 Å². The van der Waals surface area contributed by atoms with Gasteiger partial charge in [-0.2, -0.15) is 5.10 Å². The first-order valence-electron chi connectivity index (χ1n) is 6.92. The van der Waals surface area contributed by atoms with Crippen molar-refractivity contribution in [2.75, 3.05) is 7.11 Å². The van der Waals surface area contributed by atoms with E-state index < -0.39 is 7.12 Å². The van der Waals surface area contributed by atoms with E-state index in [1.54, 1.807) is 18.9 Å². The predicted molar refractivity (Wildman–Crippen MR) is 84.8 cm³/mol. The Balaban J connectivity index is 1.64. The summed E-state index contributed by atoms with van der Waals surface area (Å²) in [5, 5.41) is 23.5. The molecule has 3 rings (SSSR count). The van der Waals surface area contributed by atoms with E-state index in [0.717, 1.165) is 28.6 Å². The third-order valence-corrected chi connectivity index (χ3v) is 4.46. The van der Waals surface area contributed by atoms with Gasteiger partial charge >= 0.3 is 7.12 Å². The van der Waals surface area contributed by atoms with Gasteiger partial charge in [-0.05, 0) is 17.7 Å². The van der Waals surface area contributed by atoms with Crippen molar-refractivity contribution in [1.82, 2.24) is 9.78 Å². The average Bonchev–Trinajstić information content (AvgIpc) is 3.08. The highest BCUT2D eigenvalue weighted by atomic mass is 32.2. The minimum Gasteiger partial charge on any atom is -0.497 e. The molecule has 0 aliphatic carbocycles. The predicted octanol–water partition coefficient (Wildman–Crippen LogP) is 0.493. The van der Waals surface area contributed by atoms with Gasteiger partial charge in [0, 0.05) is 16.9 Å². The van der Waals surface area contributed by atoms with Crippen LogP contribution in [-0.4, -0.2) is 34.1 Å². The maximum absolute atomic E-state index is 9.56. The van der Waals surface area contributed by atoms with Crippen LogP contribution in [0.15, 0.2) is 24.3 Å². The van der Waals surface area contributed by atoms with Crippen molar-refractivity contribution in [3.05, 3.63) is 41.2 Å². The van der Waals surface area contributed by atoms with Crippen molar-refractivity contribution in [3.8, 4) is 5.75 Å². The third kappa shape index (κ3) is 3.15. The van der Waals surface area contributed by atoms with Gasteiger partial charge in [-0.25, -0.2) is 0 Å². The zero-order chi connectivity index (χ0) is 15.5. The topological polar surface area (TPSA) is 76.7 Å². The molecule has 1 aromatic carbocycles. The number of methoxy groups -OCH3 is 1. The molecule has 2 N–H and O–H groups in total. The largest absolute Gasteiger partial charge is 0.497 e. The number of nitrogens with zero attached hydrogens (tertiary/aromatic N) is 2. The Labute approximate surface area is 133 Å². The third-order valence-electron chi connectivity index (χ3n) is 3.55. The van der Waals surface area contributed by atoms with E-state index >= 15 is 0 Å². The number of rotatable bonds is 6. The van der Waals surface area contributed by atoms with Crippen molar-refractivity contribution < 1.29 is 19.5 Å². The summed E-state index contributed by atoms with van der Waals surface area (Å²) in [6.45, 7) is 0.686. The van der Waals surface area contributed by atoms with Crippen LogP contribution in [0.1, 0.15) is 17.0 Å². The van der Waals surface area contributed by atoms with Crippen molar-refractivity contribution in [2.24, 2.45) is 0 Å². The van der Waals surface area contributed by atoms with Gasteiger partial charge in [-0.15, -0.1) is 11.8 Å². The number of benzene rings is 1. The number of ether oxygens (including phenoxy) is 2. The van der Waals surface area contributed by atoms with Crippen LogP contribution in [0.4, 0.5) is 0 Å². The minimum atomic E-state index is -1.51. The van der Waals surface area contributed by atoms with E-state index in [4.69, 9.17) is 9.47 Å². The average molecular weight is 320 g/mol. The highest BCUT2D eigenvalue weighted by Crippen LogP contribution is 2.23. The van der Waals surface area contributed by atoms with Gasteiger partial charge < -0.3 is 19.5 Å². The number of thioether (sulfide) groups is 1. The van der Waals surface area contributed by atoms with E-state index in [0.29, 0.717) is 17.8 Å². The summed E-state index contributed by atoms with van der Waals surface area (Å²) in [6.07, 6.45) is 0. The molecule has 0 radical (unpaired) electrons. The fourth-order valence-electron chi connectivity index (χ4n) is 2.45. The molecule has 0 spiro atoms. The molecule has 6 nitrogen and oxygen atoms in total. The number of hydrogen-bond donors (Lipinski definition) is 2. The van der Waals surface area contributed by atoms with Gasteiger partial charge in [-0.3, -0.25) is 4.68 Å². The Bertz CT molecular complexity index is 645. The number of hydrogen-bond acceptors (Lipinski definition) is 6. The van der Waals surface area contributed by atoms with Gasteiger partial charge in [0.1, 0.15) is 5.75 Å². The van der Waals surface area contributed by atoms with Crippen LogP contribution in [0.2, 0.25) is 0 Å². The maximum Gasteiger partial charge on any atom is 0.492 e. The lowest BCUT2D eigenvalue weighted by molar-refractivity contribution is 0.104. The lowest BCUT2D eigenvalue weighted by Crippen LogP contribution is -2.34. The van der Waals surface area contributed by atoms with Gasteiger partial charge in [0.15, 0.2) is 0 Å². The monoisotopic (exact) mass is 320 g/mol. The Kier molecular flexibility index (Phi) is 4.73. The smallest absolute Gasteiger partial charge is 0.492 e. The molecule has 0 unspecified atom stereocenters. The Morgan fingerprint density at radius 2 is 2.05 bits per heavy atom. The summed E-state index contributed by atoms with van der Waals surface area (Å²) < 4.78 is 12.6. The molecule has 0 atom stereocenters. The molecule has 2 aromatic rings. The Morgan fingerprint density at radius 1 is 1.27 bits per heavy atom. The molecular weight excluding hydrogens is 303 g/mol. The summed E-state index contributed by atoms with van der Waals surface area (Å²) in [6, 6.07) is 7.63. The van der Waals surface area contributed by atoms with E-state index in [1.165, 1.54) is 0 Å². The molecule has 1 aromatic heterocycles. The van der Waals surface area contributed by atoms with Crippen molar-refractivity contribution >= 4 is 24.3 Å². The summed E-state index contributed by atoms with van der Waals surface area (Å²) in [7, 11) is 0.116. The highest BCUT2D eigenvalue weighted by molar-refractivity contribution is 7.97. The molecule has 0 saturated heterocycles. The summed E-state index contributed by atoms with van der Waals surface area (Å²) in [4.78, 5) is 0. The maximum atomic E-state index is 9.56. The first-order chi connectivity index (χ1) is 10.7. The number of fused-ring (bicyclic) bond motifs is 1. The standard InChI is InChI=1S/C14H17BN2O4S/c1-20-11-4-2-10(3-5-11)6-21-7-12-14(15(18)19)13-8-22-9-17(13)16-12/h2-5,18-19H,6-9H2,1H3. The lowest BCUT2D eigenvalue weighted by atomic mass is 9.78. The van der Waals surface area contributed by atoms with Crippen molar-refractivity contribution in [3.63, 3.8) is 0 Å². The van der Waals surface area contributed by atoms with Crippen molar-refractivity contribution in [1.29, 1.82) is 0 Å². The summed E-state index contributed by atoms with van der Waals surface area (Å²) in [5.74, 6) is 2.30. The molecule has 1 aliphatic heterocycles. The molecule has 0 fully saturated rings. The van der Waals surface area contributed by atoms with Crippen LogP contribution in [0.5, 0.6) is 5.75 Å². The Morgan fingerprint density at radius 3 is 2.73 bits per heavy atom. The van der Waals surface area contributed by atoms with Crippen LogP contribution < -0.4 is 10.2 Å². The zero-order valence-electron chi connectivity index (χ0n) is 12.2. The zero-order valence-corrected chi connectivity index (χ0v) is 13.0. The molecule has 2 heterocycles. The van der Waals surface area contributed by atoms with E-state index in [-0.39, 0.29) is 6.61 Å². The Hall–Kier alpha value is -1.48. The van der Waals surface area contributed by atoms with E-state index in [9.17, 15) is 10.0 Å². The minimum absolute atomic E-state index is 0.254. The van der Waals surface area contributed by atoms with E-state index in [2.05, 4.69) is 5.10 Å². The van der Waals surface area contributed by atoms with Crippen LogP contribution in [0.25, 0.3) is 0 Å². The fourth-order valence-corrected chi connectivity index (χ4v) is 3.42. The van der Waals surface area contributed by atoms with Gasteiger partial charge in [0.25, 0.3) is 0 Å². The molecule has 0 bridgehead atoms. The SMILES string of the molecule is COc1ccc(COCc2nn3c(c2B(O)O)CSC3)cc1. The molecule has 0 amide bonds. The molecule has 0 saturated carbocycles.